The molecule has 0 bridgehead atoms. The van der Waals surface area contributed by atoms with Crippen molar-refractivity contribution in [2.45, 2.75) is 49.2 Å². The highest BCUT2D eigenvalue weighted by molar-refractivity contribution is 7.60. The summed E-state index contributed by atoms with van der Waals surface area (Å²) >= 11 is 0. The maximum absolute atomic E-state index is 12.5. The standard InChI is InChI=1S/C22H28N10O13P2/c23-18-13-20(27-8-26-18)32(22(28-13)29-30-25)21-17(36)16(35)12(44-21)7-43-47(40,41)45-46(38,39)42-6-10-4-11(15(34)14(10)33)31-3-1-2-9(5-31)19(24)37/h1-3,5,8,10-12,14-17,21,33-36H,4,6-7H2,(H5-,23,24,26,27,37,38,39,40,41)/t10-,11-,12+,14-,15+,16+,17+,21+/m0/s1. The molecule has 2 aliphatic rings. The van der Waals surface area contributed by atoms with Crippen LogP contribution >= 0.6 is 15.6 Å². The van der Waals surface area contributed by atoms with Crippen molar-refractivity contribution in [1.82, 2.24) is 19.5 Å². The number of aromatic nitrogens is 5. The second-order valence-electron chi connectivity index (χ2n) is 10.5. The molecule has 1 aliphatic carbocycles. The highest BCUT2D eigenvalue weighted by Crippen LogP contribution is 2.58. The minimum Gasteiger partial charge on any atom is -0.756 e. The number of ether oxygens (including phenoxy) is 1. The van der Waals surface area contributed by atoms with E-state index < -0.39 is 83.5 Å². The van der Waals surface area contributed by atoms with Crippen molar-refractivity contribution in [2.24, 2.45) is 16.8 Å². The monoisotopic (exact) mass is 702 g/mol. The summed E-state index contributed by atoms with van der Waals surface area (Å²) in [6.45, 7) is -1.77. The molecule has 3 aromatic rings. The largest absolute Gasteiger partial charge is 0.756 e. The van der Waals surface area contributed by atoms with Crippen molar-refractivity contribution in [2.75, 3.05) is 18.9 Å². The molecule has 254 valence electrons. The summed E-state index contributed by atoms with van der Waals surface area (Å²) in [6.07, 6.45) is -5.70. The predicted octanol–water partition coefficient (Wildman–Crippen LogP) is -2.04. The molecule has 1 saturated carbocycles. The number of aliphatic hydroxyl groups is 4. The smallest absolute Gasteiger partial charge is 0.478 e. The van der Waals surface area contributed by atoms with Crippen molar-refractivity contribution in [3.8, 4) is 0 Å². The van der Waals surface area contributed by atoms with Gasteiger partial charge in [-0.25, -0.2) is 23.8 Å². The number of nitrogens with zero attached hydrogens (tertiary/aromatic N) is 8. The number of aliphatic hydroxyl groups excluding tert-OH is 4. The number of hydrogen-bond donors (Lipinski definition) is 7. The quantitative estimate of drug-likeness (QED) is 0.0351. The molecule has 23 nitrogen and oxygen atoms in total. The van der Waals surface area contributed by atoms with Gasteiger partial charge in [-0.15, -0.1) is 0 Å². The summed E-state index contributed by atoms with van der Waals surface area (Å²) in [5, 5.41) is 45.6. The average molecular weight is 702 g/mol. The van der Waals surface area contributed by atoms with Crippen molar-refractivity contribution in [3.63, 3.8) is 0 Å². The molecule has 10 atom stereocenters. The van der Waals surface area contributed by atoms with Crippen molar-refractivity contribution in [1.29, 1.82) is 0 Å². The Morgan fingerprint density at radius 2 is 1.94 bits per heavy atom. The number of hydrogen-bond acceptors (Lipinski definition) is 17. The van der Waals surface area contributed by atoms with Crippen LogP contribution < -0.4 is 20.9 Å². The van der Waals surface area contributed by atoms with Gasteiger partial charge < -0.3 is 50.9 Å². The molecule has 1 aliphatic heterocycles. The highest BCUT2D eigenvalue weighted by Gasteiger charge is 2.48. The zero-order chi connectivity index (χ0) is 34.3. The van der Waals surface area contributed by atoms with Crippen LogP contribution in [0.3, 0.4) is 0 Å². The van der Waals surface area contributed by atoms with Gasteiger partial charge in [-0.1, -0.05) is 0 Å². The Kier molecular flexibility index (Phi) is 9.92. The molecule has 2 fully saturated rings. The van der Waals surface area contributed by atoms with E-state index in [1.807, 2.05) is 0 Å². The first kappa shape index (κ1) is 34.7. The minimum absolute atomic E-state index is 0.0226. The first-order valence-corrected chi connectivity index (χ1v) is 16.4. The van der Waals surface area contributed by atoms with E-state index in [0.29, 0.717) is 0 Å². The summed E-state index contributed by atoms with van der Waals surface area (Å²) in [4.78, 5) is 48.3. The van der Waals surface area contributed by atoms with Gasteiger partial charge in [0.25, 0.3) is 13.7 Å². The lowest BCUT2D eigenvalue weighted by Gasteiger charge is -2.27. The topological polar surface area (TPSA) is 361 Å². The summed E-state index contributed by atoms with van der Waals surface area (Å²) in [5.41, 5.74) is 20.0. The van der Waals surface area contributed by atoms with Crippen LogP contribution in [-0.2, 0) is 27.2 Å². The Labute approximate surface area is 262 Å². The van der Waals surface area contributed by atoms with Crippen LogP contribution in [0.4, 0.5) is 11.8 Å². The molecule has 2 unspecified atom stereocenters. The third-order valence-electron chi connectivity index (χ3n) is 7.53. The first-order valence-electron chi connectivity index (χ1n) is 13.5. The molecule has 9 N–H and O–H groups in total. The molecule has 3 aromatic heterocycles. The van der Waals surface area contributed by atoms with Crippen LogP contribution in [0.2, 0.25) is 0 Å². The Balaban J connectivity index is 1.20. The van der Waals surface area contributed by atoms with Gasteiger partial charge in [-0.05, 0) is 16.7 Å². The number of primary amides is 1. The van der Waals surface area contributed by atoms with E-state index >= 15 is 0 Å². The van der Waals surface area contributed by atoms with Gasteiger partial charge in [0.15, 0.2) is 41.6 Å². The molecule has 0 aromatic carbocycles. The minimum atomic E-state index is -5.60. The van der Waals surface area contributed by atoms with Crippen LogP contribution in [0.15, 0.2) is 36.0 Å². The van der Waals surface area contributed by atoms with Gasteiger partial charge in [0.2, 0.25) is 5.95 Å². The lowest BCUT2D eigenvalue weighted by atomic mass is 10.1. The van der Waals surface area contributed by atoms with E-state index in [-0.39, 0.29) is 34.9 Å². The lowest BCUT2D eigenvalue weighted by molar-refractivity contribution is -0.728. The molecule has 0 spiro atoms. The van der Waals surface area contributed by atoms with E-state index in [0.717, 1.165) is 10.9 Å². The number of phosphoric acid groups is 2. The van der Waals surface area contributed by atoms with Gasteiger partial charge in [0.05, 0.1) is 19.3 Å². The summed E-state index contributed by atoms with van der Waals surface area (Å²) in [7, 11) is -11.1. The summed E-state index contributed by atoms with van der Waals surface area (Å²) in [6, 6.07) is 2.12. The van der Waals surface area contributed by atoms with Crippen molar-refractivity contribution >= 4 is 44.5 Å². The molecule has 0 radical (unpaired) electrons. The zero-order valence-corrected chi connectivity index (χ0v) is 25.5. The first-order chi connectivity index (χ1) is 22.1. The van der Waals surface area contributed by atoms with E-state index in [1.165, 1.54) is 29.1 Å². The summed E-state index contributed by atoms with van der Waals surface area (Å²) in [5.74, 6) is -2.22. The van der Waals surface area contributed by atoms with Gasteiger partial charge in [-0.3, -0.25) is 18.5 Å². The Bertz CT molecular complexity index is 1810. The number of imidazole rings is 1. The number of carbonyl (C=O) groups excluding carboxylic acids is 1. The van der Waals surface area contributed by atoms with Gasteiger partial charge in [0.1, 0.15) is 36.3 Å². The van der Waals surface area contributed by atoms with Crippen molar-refractivity contribution in [3.05, 3.63) is 46.9 Å². The molecule has 5 rings (SSSR count). The zero-order valence-electron chi connectivity index (χ0n) is 23.8. The Morgan fingerprint density at radius 3 is 2.64 bits per heavy atom. The van der Waals surface area contributed by atoms with Gasteiger partial charge in [0, 0.05) is 23.3 Å². The number of phosphoric ester groups is 2. The average Bonchev–Trinajstić information content (AvgIpc) is 3.62. The number of fused-ring (bicyclic) bond motifs is 1. The van der Waals surface area contributed by atoms with Crippen molar-refractivity contribution < 1.29 is 66.8 Å². The third-order valence-corrected chi connectivity index (χ3v) is 10.1. The molecular weight excluding hydrogens is 674 g/mol. The number of azide groups is 1. The number of nitrogens with two attached hydrogens (primary N) is 2. The number of nitrogen functional groups attached to an aromatic ring is 1. The SMILES string of the molecule is [N-]=[N+]=Nc1nc2c(N)ncnc2n1[C@@H]1O[C@H](COP(=O)(O)OP(=O)([O-])OC[C@@H]2C[C@H]([n+]3cccc(C(N)=O)c3)[C@@H](O)[C@H]2O)[C@@H](O)[C@H]1O. The molecule has 1 saturated heterocycles. The fourth-order valence-electron chi connectivity index (χ4n) is 5.27. The lowest BCUT2D eigenvalue weighted by Crippen LogP contribution is -2.45. The predicted molar refractivity (Wildman–Crippen MR) is 149 cm³/mol. The van der Waals surface area contributed by atoms with E-state index in [4.69, 9.17) is 30.8 Å². The van der Waals surface area contributed by atoms with Gasteiger partial charge in [-0.2, -0.15) is 4.57 Å². The molecule has 4 heterocycles. The molecule has 25 heteroatoms. The highest BCUT2D eigenvalue weighted by atomic mass is 31.3. The van der Waals surface area contributed by atoms with E-state index in [2.05, 4.69) is 29.3 Å². The molecule has 47 heavy (non-hydrogen) atoms. The number of anilines is 1. The number of rotatable bonds is 12. The fraction of sp³-hybridized carbons (Fsp3) is 0.500. The van der Waals surface area contributed by atoms with Crippen LogP contribution in [0, 0.1) is 5.92 Å². The molecule has 1 amide bonds. The fourth-order valence-corrected chi connectivity index (χ4v) is 7.37. The number of amides is 1. The number of carbonyl (C=O) groups is 1. The normalized spacial score (nSPS) is 30.1. The number of pyridine rings is 1. The Hall–Kier alpha value is -3.66. The second-order valence-corrected chi connectivity index (χ2v) is 13.5. The summed E-state index contributed by atoms with van der Waals surface area (Å²) < 4.78 is 46.5. The van der Waals surface area contributed by atoms with Crippen LogP contribution in [0.25, 0.3) is 21.6 Å². The van der Waals surface area contributed by atoms with Gasteiger partial charge >= 0.3 is 7.82 Å². The maximum Gasteiger partial charge on any atom is 0.478 e. The van der Waals surface area contributed by atoms with E-state index in [9.17, 15) is 44.1 Å². The third kappa shape index (κ3) is 7.27. The van der Waals surface area contributed by atoms with Crippen LogP contribution in [0.5, 0.6) is 0 Å². The van der Waals surface area contributed by atoms with E-state index in [1.54, 1.807) is 0 Å². The van der Waals surface area contributed by atoms with Crippen LogP contribution in [0.1, 0.15) is 29.0 Å². The maximum atomic E-state index is 12.5. The van der Waals surface area contributed by atoms with Crippen LogP contribution in [-0.4, -0.2) is 94.5 Å². The Morgan fingerprint density at radius 1 is 1.19 bits per heavy atom. The second kappa shape index (κ2) is 13.5. The molecular formula is C22H28N10O13P2.